The first kappa shape index (κ1) is 31.9. The number of phenols is 4. The zero-order chi connectivity index (χ0) is 31.7. The van der Waals surface area contributed by atoms with E-state index in [0.717, 1.165) is 6.08 Å². The smallest absolute Gasteiger partial charge is 0.331 e. The van der Waals surface area contributed by atoms with E-state index in [1.807, 2.05) is 0 Å². The van der Waals surface area contributed by atoms with Crippen LogP contribution in [0.1, 0.15) is 24.2 Å². The van der Waals surface area contributed by atoms with E-state index < -0.39 is 91.6 Å². The fraction of sp³-hybridized carbons (Fsp3) is 0.483. The van der Waals surface area contributed by atoms with E-state index in [4.69, 9.17) is 28.4 Å². The molecule has 15 heteroatoms. The fourth-order valence-corrected chi connectivity index (χ4v) is 5.19. The molecule has 44 heavy (non-hydrogen) atoms. The van der Waals surface area contributed by atoms with Crippen LogP contribution < -0.4 is 0 Å². The molecule has 3 aliphatic heterocycles. The van der Waals surface area contributed by atoms with Gasteiger partial charge in [0.2, 0.25) is 0 Å². The monoisotopic (exact) mass is 622 g/mol. The Labute approximate surface area is 250 Å². The molecular formula is C29H34O15. The number of hydrogen-bond acceptors (Lipinski definition) is 15. The minimum Gasteiger partial charge on any atom is -0.504 e. The normalized spacial score (nSPS) is 36.0. The third-order valence-electron chi connectivity index (χ3n) is 7.64. The van der Waals surface area contributed by atoms with Crippen LogP contribution in [0, 0.1) is 0 Å². The topological polar surface area (TPSA) is 234 Å². The molecule has 0 aromatic heterocycles. The van der Waals surface area contributed by atoms with Crippen molar-refractivity contribution in [2.24, 2.45) is 0 Å². The number of benzene rings is 2. The second kappa shape index (κ2) is 13.2. The van der Waals surface area contributed by atoms with Gasteiger partial charge in [-0.05, 0) is 48.4 Å². The molecule has 0 saturated carbocycles. The lowest BCUT2D eigenvalue weighted by Crippen LogP contribution is -2.66. The molecular weight excluding hydrogens is 588 g/mol. The summed E-state index contributed by atoms with van der Waals surface area (Å²) in [6.07, 6.45) is -13.0. The molecule has 2 bridgehead atoms. The number of carbonyl (C=O) groups excluding carboxylic acids is 1. The Bertz CT molecular complexity index is 1350. The van der Waals surface area contributed by atoms with Gasteiger partial charge in [0.15, 0.2) is 41.7 Å². The van der Waals surface area contributed by atoms with Crippen LogP contribution in [0.25, 0.3) is 6.08 Å². The average molecular weight is 623 g/mol. The number of hydrogen-bond donors (Lipinski definition) is 8. The molecule has 8 N–H and O–H groups in total. The molecule has 3 saturated heterocycles. The summed E-state index contributed by atoms with van der Waals surface area (Å²) in [5.41, 5.74) is 0.644. The molecule has 11 atom stereocenters. The summed E-state index contributed by atoms with van der Waals surface area (Å²) in [4.78, 5) is 12.9. The predicted octanol–water partition coefficient (Wildman–Crippen LogP) is -0.479. The quantitative estimate of drug-likeness (QED) is 0.119. The number of aromatic hydroxyl groups is 4. The second-order valence-electron chi connectivity index (χ2n) is 10.7. The average Bonchev–Trinajstić information content (AvgIpc) is 2.99. The molecule has 0 radical (unpaired) electrons. The maximum absolute atomic E-state index is 12.9. The van der Waals surface area contributed by atoms with Crippen LogP contribution in [0.3, 0.4) is 0 Å². The minimum atomic E-state index is -1.70. The highest BCUT2D eigenvalue weighted by molar-refractivity contribution is 5.87. The van der Waals surface area contributed by atoms with Crippen molar-refractivity contribution in [2.45, 2.75) is 74.4 Å². The Hall–Kier alpha value is -3.51. The number of ether oxygens (including phenoxy) is 6. The lowest BCUT2D eigenvalue weighted by atomic mass is 9.95. The van der Waals surface area contributed by atoms with E-state index in [1.165, 1.54) is 49.4 Å². The van der Waals surface area contributed by atoms with Crippen LogP contribution in [-0.4, -0.2) is 121 Å². The molecule has 1 unspecified atom stereocenters. The summed E-state index contributed by atoms with van der Waals surface area (Å²) in [6.45, 7) is 0.486. The Kier molecular flexibility index (Phi) is 9.59. The second-order valence-corrected chi connectivity index (χ2v) is 10.7. The number of esters is 1. The van der Waals surface area contributed by atoms with Gasteiger partial charge in [0.25, 0.3) is 0 Å². The van der Waals surface area contributed by atoms with E-state index in [-0.39, 0.29) is 18.1 Å². The minimum absolute atomic E-state index is 0.290. The number of aliphatic hydroxyl groups is 4. The van der Waals surface area contributed by atoms with Gasteiger partial charge in [-0.1, -0.05) is 12.1 Å². The summed E-state index contributed by atoms with van der Waals surface area (Å²) < 4.78 is 35.0. The molecule has 5 rings (SSSR count). The maximum Gasteiger partial charge on any atom is 0.331 e. The van der Waals surface area contributed by atoms with Gasteiger partial charge in [0.1, 0.15) is 42.7 Å². The van der Waals surface area contributed by atoms with Crippen molar-refractivity contribution in [3.05, 3.63) is 53.6 Å². The molecule has 3 fully saturated rings. The third-order valence-corrected chi connectivity index (χ3v) is 7.64. The fourth-order valence-electron chi connectivity index (χ4n) is 5.19. The summed E-state index contributed by atoms with van der Waals surface area (Å²) in [5, 5.41) is 82.1. The Balaban J connectivity index is 1.46. The highest BCUT2D eigenvalue weighted by Crippen LogP contribution is 2.37. The van der Waals surface area contributed by atoms with E-state index in [9.17, 15) is 45.6 Å². The van der Waals surface area contributed by atoms with Crippen LogP contribution >= 0.6 is 0 Å². The number of phenolic OH excluding ortho intramolecular Hbond substituents is 4. The summed E-state index contributed by atoms with van der Waals surface area (Å²) >= 11 is 0. The van der Waals surface area contributed by atoms with Crippen molar-refractivity contribution < 1.29 is 74.1 Å². The molecule has 0 aliphatic carbocycles. The van der Waals surface area contributed by atoms with Gasteiger partial charge < -0.3 is 69.3 Å². The van der Waals surface area contributed by atoms with Crippen molar-refractivity contribution in [1.82, 2.24) is 0 Å². The SMILES string of the molecule is C[C@@H]1O[C@@H]2OCC(c3ccc(O)c(O)c3)O[C@H]3O[C@H](CO)[C@@H](OC(=O)/C=C/c4ccc(O)c(O)c4)[C@H](O[C@@H]2[C@H](O)[C@H]1O)[C@H]3O. The molecule has 2 aromatic rings. The third kappa shape index (κ3) is 6.61. The molecule has 15 nitrogen and oxygen atoms in total. The lowest BCUT2D eigenvalue weighted by Gasteiger charge is -2.49. The number of fused-ring (bicyclic) bond motifs is 3. The van der Waals surface area contributed by atoms with Gasteiger partial charge in [-0.15, -0.1) is 0 Å². The summed E-state index contributed by atoms with van der Waals surface area (Å²) in [5.74, 6) is -2.57. The van der Waals surface area contributed by atoms with Gasteiger partial charge in [-0.25, -0.2) is 4.79 Å². The summed E-state index contributed by atoms with van der Waals surface area (Å²) in [6, 6.07) is 7.73. The van der Waals surface area contributed by atoms with Crippen LogP contribution in [0.2, 0.25) is 0 Å². The maximum atomic E-state index is 12.9. The first-order chi connectivity index (χ1) is 21.0. The number of rotatable bonds is 5. The molecule has 3 aliphatic rings. The highest BCUT2D eigenvalue weighted by Gasteiger charge is 2.54. The first-order valence-corrected chi connectivity index (χ1v) is 13.8. The van der Waals surface area contributed by atoms with Crippen molar-refractivity contribution in [2.75, 3.05) is 13.2 Å². The van der Waals surface area contributed by atoms with Crippen molar-refractivity contribution in [3.63, 3.8) is 0 Å². The molecule has 0 amide bonds. The lowest BCUT2D eigenvalue weighted by molar-refractivity contribution is -0.372. The Morgan fingerprint density at radius 2 is 1.55 bits per heavy atom. The van der Waals surface area contributed by atoms with Crippen LogP contribution in [0.4, 0.5) is 0 Å². The molecule has 3 heterocycles. The molecule has 0 spiro atoms. The van der Waals surface area contributed by atoms with Gasteiger partial charge in [-0.3, -0.25) is 0 Å². The highest BCUT2D eigenvalue weighted by atomic mass is 16.8. The summed E-state index contributed by atoms with van der Waals surface area (Å²) in [7, 11) is 0. The van der Waals surface area contributed by atoms with Crippen LogP contribution in [-0.2, 0) is 33.2 Å². The number of carbonyl (C=O) groups is 1. The van der Waals surface area contributed by atoms with E-state index in [0.29, 0.717) is 11.1 Å². The first-order valence-electron chi connectivity index (χ1n) is 13.8. The van der Waals surface area contributed by atoms with Crippen LogP contribution in [0.5, 0.6) is 23.0 Å². The Morgan fingerprint density at radius 1 is 0.841 bits per heavy atom. The molecule has 2 aromatic carbocycles. The standard InChI is InChI=1S/C29H34O15/c1-12-22(36)23(37)27-29(40-12)39-11-20(14-4-6-16(32)18(34)9-14)42-28-24(38)26(44-27)25(19(10-30)41-28)43-21(35)7-3-13-2-5-15(31)17(33)8-13/h2-9,12,19-20,22-34,36-38H,10-11H2,1H3/b7-3+/t12-,19+,20?,22-,23+,24+,25+,26+,27+,28+,29-/m0/s1. The van der Waals surface area contributed by atoms with E-state index >= 15 is 0 Å². The van der Waals surface area contributed by atoms with Crippen molar-refractivity contribution >= 4 is 12.0 Å². The van der Waals surface area contributed by atoms with Gasteiger partial charge in [-0.2, -0.15) is 0 Å². The van der Waals surface area contributed by atoms with E-state index in [2.05, 4.69) is 0 Å². The van der Waals surface area contributed by atoms with Gasteiger partial charge >= 0.3 is 5.97 Å². The predicted molar refractivity (Wildman–Crippen MR) is 145 cm³/mol. The molecule has 240 valence electrons. The largest absolute Gasteiger partial charge is 0.504 e. The van der Waals surface area contributed by atoms with Gasteiger partial charge in [0.05, 0.1) is 19.3 Å². The van der Waals surface area contributed by atoms with Crippen LogP contribution in [0.15, 0.2) is 42.5 Å². The zero-order valence-electron chi connectivity index (χ0n) is 23.3. The van der Waals surface area contributed by atoms with E-state index in [1.54, 1.807) is 0 Å². The zero-order valence-corrected chi connectivity index (χ0v) is 23.3. The van der Waals surface area contributed by atoms with Crippen molar-refractivity contribution in [3.8, 4) is 23.0 Å². The van der Waals surface area contributed by atoms with Gasteiger partial charge in [0, 0.05) is 6.08 Å². The Morgan fingerprint density at radius 3 is 2.23 bits per heavy atom. The van der Waals surface area contributed by atoms with Crippen molar-refractivity contribution in [1.29, 1.82) is 0 Å². The number of aliphatic hydroxyl groups excluding tert-OH is 4.